The number of rotatable bonds is 14. The van der Waals surface area contributed by atoms with E-state index in [-0.39, 0.29) is 24.4 Å². The molecular weight excluding hydrogens is 923 g/mol. The first kappa shape index (κ1) is 48.5. The first-order valence-electron chi connectivity index (χ1n) is 24.1. The maximum Gasteiger partial charge on any atom is 0.229 e. The molecule has 0 radical (unpaired) electrons. The van der Waals surface area contributed by atoms with Gasteiger partial charge in [-0.05, 0) is 94.2 Å². The summed E-state index contributed by atoms with van der Waals surface area (Å²) in [6.45, 7) is 13.1. The van der Waals surface area contributed by atoms with E-state index in [1.165, 1.54) is 23.9 Å². The molecule has 5 aromatic rings. The average molecular weight is 985 g/mol. The number of ether oxygens (including phenoxy) is 1. The van der Waals surface area contributed by atoms with Crippen molar-refractivity contribution >= 4 is 81.4 Å². The van der Waals surface area contributed by atoms with E-state index in [0.717, 1.165) is 109 Å². The van der Waals surface area contributed by atoms with Gasteiger partial charge in [-0.3, -0.25) is 29.8 Å². The van der Waals surface area contributed by atoms with Crippen LogP contribution in [0.25, 0.3) is 11.0 Å². The van der Waals surface area contributed by atoms with Crippen molar-refractivity contribution in [3.05, 3.63) is 82.8 Å². The number of benzene rings is 3. The van der Waals surface area contributed by atoms with E-state index in [9.17, 15) is 14.2 Å². The second-order valence-electron chi connectivity index (χ2n) is 19.0. The van der Waals surface area contributed by atoms with Gasteiger partial charge in [-0.15, -0.1) is 0 Å². The van der Waals surface area contributed by atoms with Gasteiger partial charge in [0.15, 0.2) is 5.82 Å². The van der Waals surface area contributed by atoms with Crippen LogP contribution in [0, 0.1) is 11.6 Å². The molecule has 3 N–H and O–H groups in total. The van der Waals surface area contributed by atoms with Crippen LogP contribution in [0.4, 0.5) is 43.3 Å². The predicted molar refractivity (Wildman–Crippen MR) is 269 cm³/mol. The van der Waals surface area contributed by atoms with E-state index in [2.05, 4.69) is 69.6 Å². The zero-order chi connectivity index (χ0) is 48.4. The van der Waals surface area contributed by atoms with Crippen LogP contribution >= 0.6 is 18.7 Å². The van der Waals surface area contributed by atoms with E-state index in [1.54, 1.807) is 32.8 Å². The van der Waals surface area contributed by atoms with Gasteiger partial charge in [-0.2, -0.15) is 4.98 Å². The molecule has 69 heavy (non-hydrogen) atoms. The molecule has 0 bridgehead atoms. The monoisotopic (exact) mass is 983 g/mol. The molecule has 1 atom stereocenters. The number of piperidine rings is 3. The highest BCUT2D eigenvalue weighted by Gasteiger charge is 2.34. The minimum absolute atomic E-state index is 0.107. The van der Waals surface area contributed by atoms with Gasteiger partial charge in [-0.25, -0.2) is 13.8 Å². The number of aromatic nitrogens is 4. The molecule has 0 spiro atoms. The van der Waals surface area contributed by atoms with Crippen LogP contribution in [0.2, 0.25) is 5.02 Å². The number of halogens is 3. The van der Waals surface area contributed by atoms with Crippen LogP contribution in [0.1, 0.15) is 75.3 Å². The Bertz CT molecular complexity index is 2730. The highest BCUT2D eigenvalue weighted by atomic mass is 35.5. The van der Waals surface area contributed by atoms with Crippen LogP contribution in [0.3, 0.4) is 0 Å². The molecule has 9 rings (SSSR count). The second kappa shape index (κ2) is 20.9. The van der Waals surface area contributed by atoms with Crippen molar-refractivity contribution in [2.24, 2.45) is 0 Å². The molecule has 19 heteroatoms. The first-order valence-corrected chi connectivity index (χ1v) is 27.1. The van der Waals surface area contributed by atoms with Gasteiger partial charge in [0.2, 0.25) is 17.8 Å². The number of hydrogen-bond acceptors (Lipinski definition) is 14. The first-order chi connectivity index (χ1) is 33.3. The number of methoxy groups -OCH3 is 1. The van der Waals surface area contributed by atoms with Gasteiger partial charge in [0, 0.05) is 119 Å². The zero-order valence-electron chi connectivity index (χ0n) is 39.7. The molecule has 0 saturated carbocycles. The third kappa shape index (κ3) is 10.8. The molecule has 2 aromatic heterocycles. The Morgan fingerprint density at radius 2 is 1.59 bits per heavy atom. The van der Waals surface area contributed by atoms with Gasteiger partial charge in [-0.1, -0.05) is 18.5 Å². The SMILES string of the molecule is CCc1cc(Nc2ncc(Cl)c(Nc3ccc4nccnc4c3P(C)(C)=O)n2)c(OC)cc1N1CCC(N2CCN(CCC3CCCCN3c3cc(F)c(C4CC(=O)NC(=O)C4)c(F)c3)CC2)CC1. The predicted octanol–water partition coefficient (Wildman–Crippen LogP) is 8.21. The van der Waals surface area contributed by atoms with Gasteiger partial charge < -0.3 is 34.6 Å². The molecule has 4 aliphatic heterocycles. The standard InChI is InChI=1S/C50H61ClF2N11O4P/c1-5-31-24-41(58-50-56-30-36(51)49(60-50)57-40-10-9-39-47(55-15-14-54-39)48(40)69(3,4)67)43(68-2)29-42(31)63-18-12-33(13-19-63)62-22-20-61(21-23-62)17-11-34-8-6-7-16-64(34)35-27-37(52)46(38(53)28-35)32-25-44(65)59-45(66)26-32/h9-10,14-15,24,27-30,32-34H,5-8,11-13,16-23,25-26H2,1-4H3,(H,59,65,66)(H2,56,57,58,60). The molecule has 4 saturated heterocycles. The lowest BCUT2D eigenvalue weighted by molar-refractivity contribution is -0.133. The van der Waals surface area contributed by atoms with Crippen molar-refractivity contribution in [2.45, 2.75) is 82.7 Å². The number of piperazine rings is 1. The van der Waals surface area contributed by atoms with Crippen LogP contribution in [-0.2, 0) is 20.6 Å². The van der Waals surface area contributed by atoms with Crippen LogP contribution in [0.15, 0.2) is 55.0 Å². The molecule has 15 nitrogen and oxygen atoms in total. The van der Waals surface area contributed by atoms with Crippen molar-refractivity contribution in [1.82, 2.24) is 35.1 Å². The molecule has 3 aromatic carbocycles. The fourth-order valence-electron chi connectivity index (χ4n) is 10.8. The quantitative estimate of drug-likeness (QED) is 0.0721. The molecule has 4 aliphatic rings. The average Bonchev–Trinajstić information content (AvgIpc) is 3.33. The van der Waals surface area contributed by atoms with Gasteiger partial charge in [0.05, 0.1) is 35.5 Å². The van der Waals surface area contributed by atoms with Gasteiger partial charge >= 0.3 is 0 Å². The highest BCUT2D eigenvalue weighted by molar-refractivity contribution is 7.71. The molecule has 6 heterocycles. The van der Waals surface area contributed by atoms with E-state index in [4.69, 9.17) is 21.3 Å². The smallest absolute Gasteiger partial charge is 0.229 e. The van der Waals surface area contributed by atoms with Crippen LogP contribution in [-0.4, -0.2) is 126 Å². The summed E-state index contributed by atoms with van der Waals surface area (Å²) in [5, 5.41) is 9.75. The molecule has 1 unspecified atom stereocenters. The van der Waals surface area contributed by atoms with Gasteiger partial charge in [0.1, 0.15) is 35.1 Å². The van der Waals surface area contributed by atoms with E-state index >= 15 is 8.78 Å². The van der Waals surface area contributed by atoms with Crippen molar-refractivity contribution in [2.75, 3.05) is 93.2 Å². The Morgan fingerprint density at radius 3 is 2.29 bits per heavy atom. The third-order valence-corrected chi connectivity index (χ3v) is 16.1. The summed E-state index contributed by atoms with van der Waals surface area (Å²) >= 11 is 6.63. The Hall–Kier alpha value is -5.48. The largest absolute Gasteiger partial charge is 0.494 e. The normalized spacial score (nSPS) is 19.3. The van der Waals surface area contributed by atoms with E-state index in [0.29, 0.717) is 56.3 Å². The maximum atomic E-state index is 15.5. The van der Waals surface area contributed by atoms with Crippen molar-refractivity contribution in [3.63, 3.8) is 0 Å². The van der Waals surface area contributed by atoms with E-state index < -0.39 is 36.5 Å². The number of imide groups is 1. The highest BCUT2D eigenvalue weighted by Crippen LogP contribution is 2.42. The lowest BCUT2D eigenvalue weighted by atomic mass is 9.88. The number of nitrogens with one attached hydrogen (secondary N) is 3. The fraction of sp³-hybridized carbons (Fsp3) is 0.480. The minimum atomic E-state index is -2.81. The molecule has 366 valence electrons. The number of aryl methyl sites for hydroxylation is 1. The third-order valence-electron chi connectivity index (χ3n) is 14.3. The molecular formula is C50H61ClF2N11O4P. The minimum Gasteiger partial charge on any atom is -0.494 e. The topological polar surface area (TPSA) is 161 Å². The fourth-order valence-corrected chi connectivity index (χ4v) is 12.3. The summed E-state index contributed by atoms with van der Waals surface area (Å²) in [5.74, 6) is -1.85. The maximum absolute atomic E-state index is 15.5. The summed E-state index contributed by atoms with van der Waals surface area (Å²) in [6.07, 6.45) is 11.4. The molecule has 4 fully saturated rings. The Balaban J connectivity index is 0.790. The lowest BCUT2D eigenvalue weighted by Gasteiger charge is -2.44. The number of carbonyl (C=O) groups is 2. The van der Waals surface area contributed by atoms with Crippen molar-refractivity contribution in [1.29, 1.82) is 0 Å². The Labute approximate surface area is 407 Å². The summed E-state index contributed by atoms with van der Waals surface area (Å²) in [6, 6.07) is 11.3. The molecule has 2 amide bonds. The number of carbonyl (C=O) groups excluding carboxylic acids is 2. The second-order valence-corrected chi connectivity index (χ2v) is 22.6. The van der Waals surface area contributed by atoms with Gasteiger partial charge in [0.25, 0.3) is 0 Å². The van der Waals surface area contributed by atoms with E-state index in [1.807, 2.05) is 12.1 Å². The van der Waals surface area contributed by atoms with Crippen molar-refractivity contribution in [3.8, 4) is 5.75 Å². The number of hydrogen-bond donors (Lipinski definition) is 3. The number of amides is 2. The number of fused-ring (bicyclic) bond motifs is 1. The van der Waals surface area contributed by atoms with Crippen molar-refractivity contribution < 1.29 is 27.7 Å². The summed E-state index contributed by atoms with van der Waals surface area (Å²) < 4.78 is 50.5. The van der Waals surface area contributed by atoms with Crippen LogP contribution in [0.5, 0.6) is 5.75 Å². The van der Waals surface area contributed by atoms with Crippen LogP contribution < -0.4 is 35.8 Å². The molecule has 0 aliphatic carbocycles. The zero-order valence-corrected chi connectivity index (χ0v) is 41.4. The summed E-state index contributed by atoms with van der Waals surface area (Å²) in [4.78, 5) is 51.8. The Morgan fingerprint density at radius 1 is 0.870 bits per heavy atom. The number of nitrogens with zero attached hydrogens (tertiary/aromatic N) is 8. The summed E-state index contributed by atoms with van der Waals surface area (Å²) in [5.41, 5.74) is 5.23. The number of anilines is 6. The summed E-state index contributed by atoms with van der Waals surface area (Å²) in [7, 11) is -1.15. The Kier molecular flexibility index (Phi) is 14.7. The lowest BCUT2D eigenvalue weighted by Crippen LogP contribution is -2.54.